The average molecular weight is 224 g/mol. The molecule has 0 amide bonds. The largest absolute Gasteiger partial charge is 0.536 e. The highest BCUT2D eigenvalue weighted by Gasteiger charge is 2.40. The topological polar surface area (TPSA) is 27.7 Å². The van der Waals surface area contributed by atoms with E-state index in [0.717, 1.165) is 10.8 Å². The lowest BCUT2D eigenvalue weighted by Gasteiger charge is -2.24. The van der Waals surface area contributed by atoms with Gasteiger partial charge in [-0.05, 0) is 11.6 Å². The minimum absolute atomic E-state index is 0.937. The van der Waals surface area contributed by atoms with Gasteiger partial charge in [-0.3, -0.25) is 0 Å². The summed E-state index contributed by atoms with van der Waals surface area (Å²) in [6, 6.07) is 7.81. The smallest absolute Gasteiger partial charge is 0.373 e. The molecule has 15 heavy (non-hydrogen) atoms. The van der Waals surface area contributed by atoms with E-state index in [1.807, 2.05) is 24.3 Å². The van der Waals surface area contributed by atoms with Gasteiger partial charge in [0, 0.05) is 26.5 Å². The Bertz CT molecular complexity index is 326. The molecule has 0 radical (unpaired) electrons. The summed E-state index contributed by atoms with van der Waals surface area (Å²) in [6.07, 6.45) is 1.78. The van der Waals surface area contributed by atoms with Gasteiger partial charge in [0.25, 0.3) is 0 Å². The first-order valence-corrected chi connectivity index (χ1v) is 6.33. The summed E-state index contributed by atoms with van der Waals surface area (Å²) in [5.74, 6) is 0. The first kappa shape index (κ1) is 12.1. The zero-order valence-corrected chi connectivity index (χ0v) is 10.3. The third-order valence-electron chi connectivity index (χ3n) is 2.28. The van der Waals surface area contributed by atoms with Gasteiger partial charge in [0.1, 0.15) is 0 Å². The zero-order valence-electron chi connectivity index (χ0n) is 9.32. The van der Waals surface area contributed by atoms with Crippen molar-refractivity contribution in [3.05, 3.63) is 36.4 Å². The van der Waals surface area contributed by atoms with E-state index >= 15 is 0 Å². The Labute approximate surface area is 91.7 Å². The normalized spacial score (nSPS) is 11.4. The lowest BCUT2D eigenvalue weighted by Crippen LogP contribution is -2.54. The highest BCUT2D eigenvalue weighted by molar-refractivity contribution is 6.75. The Morgan fingerprint density at radius 1 is 1.13 bits per heavy atom. The maximum absolute atomic E-state index is 5.38. The molecule has 3 nitrogen and oxygen atoms in total. The van der Waals surface area contributed by atoms with Crippen molar-refractivity contribution in [1.29, 1.82) is 0 Å². The number of hydrogen-bond acceptors (Lipinski definition) is 3. The summed E-state index contributed by atoms with van der Waals surface area (Å²) < 4.78 is 16.1. The molecule has 0 bridgehead atoms. The molecule has 0 fully saturated rings. The van der Waals surface area contributed by atoms with Gasteiger partial charge in [-0.15, -0.1) is 0 Å². The third kappa shape index (κ3) is 2.35. The third-order valence-corrected chi connectivity index (χ3v) is 4.91. The standard InChI is InChI=1S/C11H16O3Si/c1-5-10-7-6-8-11(9-10)15(12-2,13-3)14-4/h5-9H,1H2,2-4H3. The van der Waals surface area contributed by atoms with Crippen LogP contribution in [0.5, 0.6) is 0 Å². The Balaban J connectivity index is 3.16. The highest BCUT2D eigenvalue weighted by atomic mass is 28.4. The summed E-state index contributed by atoms with van der Waals surface area (Å²) in [4.78, 5) is 0. The van der Waals surface area contributed by atoms with Gasteiger partial charge in [0.2, 0.25) is 0 Å². The maximum atomic E-state index is 5.38. The Morgan fingerprint density at radius 2 is 1.73 bits per heavy atom. The van der Waals surface area contributed by atoms with Crippen LogP contribution in [0.2, 0.25) is 0 Å². The Kier molecular flexibility index (Phi) is 4.23. The monoisotopic (exact) mass is 224 g/mol. The van der Waals surface area contributed by atoms with Gasteiger partial charge in [-0.2, -0.15) is 0 Å². The molecular weight excluding hydrogens is 208 g/mol. The molecule has 82 valence electrons. The summed E-state index contributed by atoms with van der Waals surface area (Å²) in [5.41, 5.74) is 1.02. The second kappa shape index (κ2) is 5.23. The lowest BCUT2D eigenvalue weighted by molar-refractivity contribution is 0.140. The quantitative estimate of drug-likeness (QED) is 0.708. The molecule has 0 spiro atoms. The summed E-state index contributed by atoms with van der Waals surface area (Å²) in [5, 5.41) is 0.937. The van der Waals surface area contributed by atoms with Gasteiger partial charge in [-0.1, -0.05) is 30.9 Å². The molecule has 0 aliphatic rings. The van der Waals surface area contributed by atoms with Crippen molar-refractivity contribution in [3.63, 3.8) is 0 Å². The average Bonchev–Trinajstić information content (AvgIpc) is 2.32. The molecule has 1 rings (SSSR count). The van der Waals surface area contributed by atoms with Gasteiger partial charge in [0.15, 0.2) is 0 Å². The van der Waals surface area contributed by atoms with Gasteiger partial charge in [-0.25, -0.2) is 0 Å². The minimum atomic E-state index is -2.69. The molecule has 4 heteroatoms. The van der Waals surface area contributed by atoms with Crippen molar-refractivity contribution in [2.45, 2.75) is 0 Å². The Morgan fingerprint density at radius 3 is 2.20 bits per heavy atom. The number of benzene rings is 1. The van der Waals surface area contributed by atoms with Crippen LogP contribution in [0.3, 0.4) is 0 Å². The van der Waals surface area contributed by atoms with Crippen LogP contribution in [0, 0.1) is 0 Å². The Hall–Kier alpha value is -0.943. The molecule has 0 saturated heterocycles. The van der Waals surface area contributed by atoms with Gasteiger partial charge in [0.05, 0.1) is 0 Å². The first-order valence-electron chi connectivity index (χ1n) is 4.61. The predicted molar refractivity (Wildman–Crippen MR) is 62.9 cm³/mol. The van der Waals surface area contributed by atoms with E-state index in [2.05, 4.69) is 6.58 Å². The van der Waals surface area contributed by atoms with E-state index in [1.54, 1.807) is 27.4 Å². The number of rotatable bonds is 5. The predicted octanol–water partition coefficient (Wildman–Crippen LogP) is 1.41. The van der Waals surface area contributed by atoms with Crippen LogP contribution >= 0.6 is 0 Å². The zero-order chi connectivity index (χ0) is 11.3. The fourth-order valence-corrected chi connectivity index (χ4v) is 3.31. The molecule has 0 heterocycles. The van der Waals surface area contributed by atoms with Crippen LogP contribution < -0.4 is 5.19 Å². The van der Waals surface area contributed by atoms with Crippen LogP contribution in [-0.4, -0.2) is 30.1 Å². The molecule has 0 unspecified atom stereocenters. The van der Waals surface area contributed by atoms with Crippen molar-refractivity contribution in [1.82, 2.24) is 0 Å². The fourth-order valence-electron chi connectivity index (χ4n) is 1.46. The van der Waals surface area contributed by atoms with Crippen LogP contribution in [0.15, 0.2) is 30.8 Å². The van der Waals surface area contributed by atoms with E-state index in [1.165, 1.54) is 0 Å². The molecule has 0 aromatic heterocycles. The van der Waals surface area contributed by atoms with Gasteiger partial charge < -0.3 is 13.3 Å². The van der Waals surface area contributed by atoms with Crippen molar-refractivity contribution >= 4 is 20.1 Å². The summed E-state index contributed by atoms with van der Waals surface area (Å²) >= 11 is 0. The van der Waals surface area contributed by atoms with Crippen molar-refractivity contribution in [3.8, 4) is 0 Å². The first-order chi connectivity index (χ1) is 7.22. The number of hydrogen-bond donors (Lipinski definition) is 0. The van der Waals surface area contributed by atoms with E-state index in [0.29, 0.717) is 0 Å². The fraction of sp³-hybridized carbons (Fsp3) is 0.273. The molecule has 1 aromatic carbocycles. The molecule has 0 aliphatic heterocycles. The molecule has 0 saturated carbocycles. The van der Waals surface area contributed by atoms with Crippen LogP contribution in [0.1, 0.15) is 5.56 Å². The SMILES string of the molecule is C=Cc1cccc([Si](OC)(OC)OC)c1. The second-order valence-corrected chi connectivity index (χ2v) is 5.91. The summed E-state index contributed by atoms with van der Waals surface area (Å²) in [7, 11) is 2.10. The van der Waals surface area contributed by atoms with Crippen molar-refractivity contribution in [2.75, 3.05) is 21.3 Å². The van der Waals surface area contributed by atoms with Crippen LogP contribution in [0.4, 0.5) is 0 Å². The lowest BCUT2D eigenvalue weighted by atomic mass is 10.2. The molecular formula is C11H16O3Si. The molecule has 0 atom stereocenters. The molecule has 0 N–H and O–H groups in total. The van der Waals surface area contributed by atoms with Crippen molar-refractivity contribution in [2.24, 2.45) is 0 Å². The molecule has 0 aliphatic carbocycles. The maximum Gasteiger partial charge on any atom is 0.536 e. The van der Waals surface area contributed by atoms with E-state index < -0.39 is 8.80 Å². The van der Waals surface area contributed by atoms with E-state index in [-0.39, 0.29) is 0 Å². The van der Waals surface area contributed by atoms with Crippen molar-refractivity contribution < 1.29 is 13.3 Å². The van der Waals surface area contributed by atoms with E-state index in [9.17, 15) is 0 Å². The van der Waals surface area contributed by atoms with E-state index in [4.69, 9.17) is 13.3 Å². The second-order valence-electron chi connectivity index (χ2n) is 3.00. The highest BCUT2D eigenvalue weighted by Crippen LogP contribution is 2.09. The minimum Gasteiger partial charge on any atom is -0.373 e. The van der Waals surface area contributed by atoms with Crippen LogP contribution in [0.25, 0.3) is 6.08 Å². The molecule has 1 aromatic rings. The summed E-state index contributed by atoms with van der Waals surface area (Å²) in [6.45, 7) is 3.72. The van der Waals surface area contributed by atoms with Crippen LogP contribution in [-0.2, 0) is 13.3 Å². The van der Waals surface area contributed by atoms with Gasteiger partial charge >= 0.3 is 8.80 Å².